The van der Waals surface area contributed by atoms with Crippen molar-refractivity contribution in [2.24, 2.45) is 4.40 Å². The molecule has 0 aliphatic carbocycles. The van der Waals surface area contributed by atoms with Crippen LogP contribution in [0.3, 0.4) is 0 Å². The second-order valence-corrected chi connectivity index (χ2v) is 6.02. The normalized spacial score (nSPS) is 11.7. The quantitative estimate of drug-likeness (QED) is 0.491. The number of para-hydroxylation sites is 1. The van der Waals surface area contributed by atoms with Gasteiger partial charge >= 0.3 is 0 Å². The van der Waals surface area contributed by atoms with Crippen molar-refractivity contribution in [1.29, 1.82) is 0 Å². The highest BCUT2D eigenvalue weighted by atomic mass is 35.5. The molecule has 0 aromatic heterocycles. The third kappa shape index (κ3) is 3.65. The minimum atomic E-state index is -4.15. The van der Waals surface area contributed by atoms with Crippen LogP contribution in [0.25, 0.3) is 0 Å². The van der Waals surface area contributed by atoms with Gasteiger partial charge in [0.2, 0.25) is 0 Å². The van der Waals surface area contributed by atoms with Gasteiger partial charge in [0, 0.05) is 17.3 Å². The Bertz CT molecular complexity index is 801. The van der Waals surface area contributed by atoms with Crippen LogP contribution in [0.2, 0.25) is 5.02 Å². The molecular formula is C13H9ClN2O4S. The molecule has 0 spiro atoms. The van der Waals surface area contributed by atoms with Crippen molar-refractivity contribution in [2.75, 3.05) is 0 Å². The number of sulfonamides is 1. The lowest BCUT2D eigenvalue weighted by Gasteiger charge is -2.00. The third-order valence-corrected chi connectivity index (χ3v) is 4.09. The molecule has 0 bridgehead atoms. The minimum absolute atomic E-state index is 0.444. The topological polar surface area (TPSA) is 89.6 Å². The van der Waals surface area contributed by atoms with Crippen LogP contribution >= 0.6 is 11.6 Å². The van der Waals surface area contributed by atoms with Crippen LogP contribution in [-0.4, -0.2) is 19.6 Å². The number of halogens is 1. The van der Waals surface area contributed by atoms with E-state index in [4.69, 9.17) is 11.6 Å². The van der Waals surface area contributed by atoms with Crippen molar-refractivity contribution in [1.82, 2.24) is 0 Å². The van der Waals surface area contributed by atoms with Gasteiger partial charge in [-0.25, -0.2) is 0 Å². The zero-order chi connectivity index (χ0) is 15.5. The first-order chi connectivity index (χ1) is 9.90. The summed E-state index contributed by atoms with van der Waals surface area (Å²) >= 11 is 5.72. The fourth-order valence-electron chi connectivity index (χ4n) is 1.56. The molecule has 0 aliphatic rings. The molecule has 108 valence electrons. The maximum absolute atomic E-state index is 12.1. The smallest absolute Gasteiger partial charge is 0.258 e. The molecule has 0 radical (unpaired) electrons. The van der Waals surface area contributed by atoms with Gasteiger partial charge in [-0.2, -0.15) is 12.8 Å². The van der Waals surface area contributed by atoms with Gasteiger partial charge in [0.05, 0.1) is 4.92 Å². The largest absolute Gasteiger partial charge is 0.289 e. The fourth-order valence-corrected chi connectivity index (χ4v) is 2.72. The molecule has 0 fully saturated rings. The van der Waals surface area contributed by atoms with E-state index < -0.39 is 25.5 Å². The first-order valence-electron chi connectivity index (χ1n) is 5.69. The van der Waals surface area contributed by atoms with Gasteiger partial charge in [0.15, 0.2) is 4.90 Å². The van der Waals surface area contributed by atoms with Crippen LogP contribution < -0.4 is 0 Å². The van der Waals surface area contributed by atoms with Gasteiger partial charge in [-0.3, -0.25) is 10.1 Å². The summed E-state index contributed by atoms with van der Waals surface area (Å²) in [5.74, 6) is 0. The maximum Gasteiger partial charge on any atom is 0.289 e. The van der Waals surface area contributed by atoms with Crippen LogP contribution in [0.1, 0.15) is 5.56 Å². The van der Waals surface area contributed by atoms with Crippen molar-refractivity contribution < 1.29 is 13.3 Å². The highest BCUT2D eigenvalue weighted by Crippen LogP contribution is 2.24. The van der Waals surface area contributed by atoms with Gasteiger partial charge in [-0.15, -0.1) is 0 Å². The molecule has 2 rings (SSSR count). The lowest BCUT2D eigenvalue weighted by molar-refractivity contribution is -0.387. The number of hydrogen-bond donors (Lipinski definition) is 0. The van der Waals surface area contributed by atoms with Gasteiger partial charge in [0.25, 0.3) is 15.7 Å². The van der Waals surface area contributed by atoms with Crippen LogP contribution in [-0.2, 0) is 10.0 Å². The van der Waals surface area contributed by atoms with E-state index in [0.29, 0.717) is 10.6 Å². The highest BCUT2D eigenvalue weighted by molar-refractivity contribution is 7.90. The Hall–Kier alpha value is -2.25. The van der Waals surface area contributed by atoms with E-state index >= 15 is 0 Å². The third-order valence-electron chi connectivity index (χ3n) is 2.55. The maximum atomic E-state index is 12.1. The van der Waals surface area contributed by atoms with Gasteiger partial charge in [-0.05, 0) is 23.8 Å². The standard InChI is InChI=1S/C13H9ClN2O4S/c14-11-7-5-10(6-8-11)9-15-21(19,20)13-4-2-1-3-12(13)16(17)18/h1-9H/b15-9+. The molecule has 0 amide bonds. The van der Waals surface area contributed by atoms with Crippen LogP contribution in [0.15, 0.2) is 57.8 Å². The van der Waals surface area contributed by atoms with Gasteiger partial charge in [0.1, 0.15) is 0 Å². The predicted octanol–water partition coefficient (Wildman–Crippen LogP) is 3.06. The Kier molecular flexibility index (Phi) is 4.35. The van der Waals surface area contributed by atoms with Gasteiger partial charge in [-0.1, -0.05) is 35.9 Å². The van der Waals surface area contributed by atoms with Gasteiger partial charge < -0.3 is 0 Å². The Morgan fingerprint density at radius 1 is 1.10 bits per heavy atom. The molecular weight excluding hydrogens is 316 g/mol. The summed E-state index contributed by atoms with van der Waals surface area (Å²) in [6.07, 6.45) is 1.11. The lowest BCUT2D eigenvalue weighted by atomic mass is 10.2. The van der Waals surface area contributed by atoms with Crippen molar-refractivity contribution in [2.45, 2.75) is 4.90 Å². The van der Waals surface area contributed by atoms with Crippen LogP contribution in [0.4, 0.5) is 5.69 Å². The Labute approximate surface area is 125 Å². The zero-order valence-corrected chi connectivity index (χ0v) is 12.1. The SMILES string of the molecule is O=[N+]([O-])c1ccccc1S(=O)(=O)/N=C/c1ccc(Cl)cc1. The molecule has 0 unspecified atom stereocenters. The number of nitro benzene ring substituents is 1. The molecule has 0 N–H and O–H groups in total. The van der Waals surface area contributed by atoms with E-state index in [1.54, 1.807) is 24.3 Å². The number of benzene rings is 2. The molecule has 6 nitrogen and oxygen atoms in total. The molecule has 0 atom stereocenters. The highest BCUT2D eigenvalue weighted by Gasteiger charge is 2.23. The number of nitro groups is 1. The van der Waals surface area contributed by atoms with E-state index in [9.17, 15) is 18.5 Å². The van der Waals surface area contributed by atoms with Crippen molar-refractivity contribution in [3.05, 3.63) is 69.2 Å². The van der Waals surface area contributed by atoms with Crippen LogP contribution in [0, 0.1) is 10.1 Å². The van der Waals surface area contributed by atoms with Crippen molar-refractivity contribution in [3.63, 3.8) is 0 Å². The zero-order valence-electron chi connectivity index (χ0n) is 10.5. The number of hydrogen-bond acceptors (Lipinski definition) is 4. The summed E-state index contributed by atoms with van der Waals surface area (Å²) in [5.41, 5.74) is 0.00677. The molecule has 0 saturated heterocycles. The van der Waals surface area contributed by atoms with Crippen molar-refractivity contribution in [3.8, 4) is 0 Å². The van der Waals surface area contributed by atoms with E-state index in [-0.39, 0.29) is 0 Å². The summed E-state index contributed by atoms with van der Waals surface area (Å²) in [4.78, 5) is 9.65. The summed E-state index contributed by atoms with van der Waals surface area (Å²) < 4.78 is 27.6. The van der Waals surface area contributed by atoms with E-state index in [1.807, 2.05) is 0 Å². The minimum Gasteiger partial charge on any atom is -0.258 e. The van der Waals surface area contributed by atoms with Crippen LogP contribution in [0.5, 0.6) is 0 Å². The first kappa shape index (κ1) is 15.1. The van der Waals surface area contributed by atoms with E-state index in [2.05, 4.69) is 4.40 Å². The molecule has 0 saturated carbocycles. The Morgan fingerprint density at radius 2 is 1.71 bits per heavy atom. The summed E-state index contributed by atoms with van der Waals surface area (Å²) in [7, 11) is -4.15. The molecule has 21 heavy (non-hydrogen) atoms. The van der Waals surface area contributed by atoms with Crippen molar-refractivity contribution >= 4 is 33.5 Å². The molecule has 8 heteroatoms. The number of rotatable bonds is 4. The average molecular weight is 325 g/mol. The molecule has 2 aromatic carbocycles. The predicted molar refractivity (Wildman–Crippen MR) is 79.3 cm³/mol. The fraction of sp³-hybridized carbons (Fsp3) is 0. The summed E-state index contributed by atoms with van der Waals surface area (Å²) in [6.45, 7) is 0. The van der Waals surface area contributed by atoms with E-state index in [0.717, 1.165) is 18.3 Å². The molecule has 2 aromatic rings. The Morgan fingerprint density at radius 3 is 2.33 bits per heavy atom. The second kappa shape index (κ2) is 6.02. The monoisotopic (exact) mass is 324 g/mol. The first-order valence-corrected chi connectivity index (χ1v) is 7.51. The average Bonchev–Trinajstić information content (AvgIpc) is 2.47. The summed E-state index contributed by atoms with van der Waals surface area (Å²) in [6, 6.07) is 11.4. The Balaban J connectivity index is 2.39. The molecule has 0 heterocycles. The van der Waals surface area contributed by atoms with E-state index in [1.165, 1.54) is 12.1 Å². The summed E-state index contributed by atoms with van der Waals surface area (Å²) in [5, 5.41) is 11.4. The lowest BCUT2D eigenvalue weighted by Crippen LogP contribution is -2.02. The second-order valence-electron chi connectivity index (χ2n) is 3.99. The number of nitrogens with zero attached hydrogens (tertiary/aromatic N) is 2. The molecule has 0 aliphatic heterocycles.